The van der Waals surface area contributed by atoms with Gasteiger partial charge in [-0.3, -0.25) is 10.1 Å². The maximum Gasteiger partial charge on any atom is 0.231 e. The Bertz CT molecular complexity index is 380. The summed E-state index contributed by atoms with van der Waals surface area (Å²) >= 11 is 0. The minimum absolute atomic E-state index is 0.0752. The van der Waals surface area contributed by atoms with Crippen molar-refractivity contribution in [2.24, 2.45) is 11.8 Å². The molecule has 2 N–H and O–H groups in total. The number of nitrogens with one attached hydrogen (secondary N) is 2. The molecule has 1 atom stereocenters. The minimum Gasteiger partial charge on any atom is -0.317 e. The Labute approximate surface area is 102 Å². The number of rotatable bonds is 4. The minimum atomic E-state index is 0.0752. The molecule has 17 heavy (non-hydrogen) atoms. The van der Waals surface area contributed by atoms with E-state index in [-0.39, 0.29) is 11.8 Å². The molecule has 2 rings (SSSR count). The van der Waals surface area contributed by atoms with Gasteiger partial charge in [0.05, 0.1) is 5.92 Å². The van der Waals surface area contributed by atoms with Crippen LogP contribution in [-0.2, 0) is 11.3 Å². The number of anilines is 1. The fraction of sp³-hybridized carbons (Fsp3) is 0.667. The number of nitrogens with zero attached hydrogens (tertiary/aromatic N) is 2. The summed E-state index contributed by atoms with van der Waals surface area (Å²) in [6, 6.07) is 0. The Morgan fingerprint density at radius 3 is 3.18 bits per heavy atom. The standard InChI is InChI=1S/C12H20N4O/c1-9(2)8-16-6-5-14-12(16)15-11(17)10-3-4-13-7-10/h5-6,9-10,13H,3-4,7-8H2,1-2H3,(H,14,15,17). The molecule has 0 aromatic carbocycles. The van der Waals surface area contributed by atoms with Crippen molar-refractivity contribution in [3.8, 4) is 0 Å². The van der Waals surface area contributed by atoms with Crippen molar-refractivity contribution in [2.75, 3.05) is 18.4 Å². The molecule has 0 radical (unpaired) electrons. The zero-order valence-corrected chi connectivity index (χ0v) is 10.4. The van der Waals surface area contributed by atoms with Crippen LogP contribution in [0.1, 0.15) is 20.3 Å². The fourth-order valence-electron chi connectivity index (χ4n) is 2.06. The number of amides is 1. The maximum absolute atomic E-state index is 11.9. The lowest BCUT2D eigenvalue weighted by Crippen LogP contribution is -2.26. The van der Waals surface area contributed by atoms with Crippen LogP contribution >= 0.6 is 0 Å². The Kier molecular flexibility index (Phi) is 3.78. The van der Waals surface area contributed by atoms with Gasteiger partial charge >= 0.3 is 0 Å². The van der Waals surface area contributed by atoms with E-state index in [1.54, 1.807) is 6.20 Å². The summed E-state index contributed by atoms with van der Waals surface area (Å²) in [6.45, 7) is 6.87. The molecule has 0 bridgehead atoms. The van der Waals surface area contributed by atoms with Gasteiger partial charge < -0.3 is 9.88 Å². The van der Waals surface area contributed by atoms with Crippen LogP contribution in [0.25, 0.3) is 0 Å². The Morgan fingerprint density at radius 2 is 2.53 bits per heavy atom. The first kappa shape index (κ1) is 12.1. The van der Waals surface area contributed by atoms with Gasteiger partial charge in [0.2, 0.25) is 11.9 Å². The van der Waals surface area contributed by atoms with Crippen molar-refractivity contribution < 1.29 is 4.79 Å². The highest BCUT2D eigenvalue weighted by atomic mass is 16.2. The molecule has 0 spiro atoms. The zero-order valence-electron chi connectivity index (χ0n) is 10.4. The van der Waals surface area contributed by atoms with Crippen LogP contribution in [0.15, 0.2) is 12.4 Å². The van der Waals surface area contributed by atoms with E-state index >= 15 is 0 Å². The van der Waals surface area contributed by atoms with E-state index in [4.69, 9.17) is 0 Å². The van der Waals surface area contributed by atoms with Gasteiger partial charge in [-0.25, -0.2) is 4.98 Å². The van der Waals surface area contributed by atoms with Crippen molar-refractivity contribution in [2.45, 2.75) is 26.8 Å². The molecule has 1 aromatic rings. The summed E-state index contributed by atoms with van der Waals surface area (Å²) in [6.07, 6.45) is 4.55. The lowest BCUT2D eigenvalue weighted by Gasteiger charge is -2.13. The van der Waals surface area contributed by atoms with E-state index in [1.165, 1.54) is 0 Å². The molecule has 1 aliphatic rings. The van der Waals surface area contributed by atoms with Crippen LogP contribution in [-0.4, -0.2) is 28.5 Å². The number of carbonyl (C=O) groups excluding carboxylic acids is 1. The number of hydrogen-bond acceptors (Lipinski definition) is 3. The average Bonchev–Trinajstić information content (AvgIpc) is 2.89. The predicted octanol–water partition coefficient (Wildman–Crippen LogP) is 1.09. The van der Waals surface area contributed by atoms with Gasteiger partial charge in [0.15, 0.2) is 0 Å². The number of carbonyl (C=O) groups is 1. The molecular formula is C12H20N4O. The van der Waals surface area contributed by atoms with Gasteiger partial charge in [-0.15, -0.1) is 0 Å². The topological polar surface area (TPSA) is 59.0 Å². The highest BCUT2D eigenvalue weighted by Crippen LogP contribution is 2.13. The Balaban J connectivity index is 1.97. The molecule has 2 heterocycles. The van der Waals surface area contributed by atoms with Crippen LogP contribution in [0.3, 0.4) is 0 Å². The second kappa shape index (κ2) is 5.31. The molecule has 5 heteroatoms. The molecule has 0 aliphatic carbocycles. The van der Waals surface area contributed by atoms with Gasteiger partial charge in [0.1, 0.15) is 0 Å². The van der Waals surface area contributed by atoms with E-state index in [9.17, 15) is 4.79 Å². The Hall–Kier alpha value is -1.36. The molecule has 1 aliphatic heterocycles. The van der Waals surface area contributed by atoms with Gasteiger partial charge in [-0.05, 0) is 18.9 Å². The third kappa shape index (κ3) is 3.06. The van der Waals surface area contributed by atoms with E-state index < -0.39 is 0 Å². The van der Waals surface area contributed by atoms with Crippen molar-refractivity contribution in [1.29, 1.82) is 0 Å². The molecule has 1 fully saturated rings. The summed E-state index contributed by atoms with van der Waals surface area (Å²) in [5.74, 6) is 1.36. The molecule has 5 nitrogen and oxygen atoms in total. The summed E-state index contributed by atoms with van der Waals surface area (Å²) < 4.78 is 1.99. The second-order valence-electron chi connectivity index (χ2n) is 4.98. The van der Waals surface area contributed by atoms with Gasteiger partial charge in [-0.1, -0.05) is 13.8 Å². The first-order valence-corrected chi connectivity index (χ1v) is 6.19. The zero-order chi connectivity index (χ0) is 12.3. The molecule has 0 saturated carbocycles. The van der Waals surface area contributed by atoms with E-state index in [0.717, 1.165) is 26.1 Å². The van der Waals surface area contributed by atoms with E-state index in [0.29, 0.717) is 11.9 Å². The first-order valence-electron chi connectivity index (χ1n) is 6.19. The van der Waals surface area contributed by atoms with Crippen LogP contribution in [0.2, 0.25) is 0 Å². The lowest BCUT2D eigenvalue weighted by atomic mass is 10.1. The number of hydrogen-bond donors (Lipinski definition) is 2. The van der Waals surface area contributed by atoms with Crippen molar-refractivity contribution in [3.05, 3.63) is 12.4 Å². The molecule has 1 aromatic heterocycles. The quantitative estimate of drug-likeness (QED) is 0.822. The second-order valence-corrected chi connectivity index (χ2v) is 4.98. The monoisotopic (exact) mass is 236 g/mol. The Morgan fingerprint density at radius 1 is 1.71 bits per heavy atom. The van der Waals surface area contributed by atoms with Crippen molar-refractivity contribution >= 4 is 11.9 Å². The lowest BCUT2D eigenvalue weighted by molar-refractivity contribution is -0.119. The molecule has 94 valence electrons. The van der Waals surface area contributed by atoms with E-state index in [1.807, 2.05) is 10.8 Å². The summed E-state index contributed by atoms with van der Waals surface area (Å²) in [4.78, 5) is 16.1. The third-order valence-corrected chi connectivity index (χ3v) is 2.94. The van der Waals surface area contributed by atoms with Crippen LogP contribution in [0.5, 0.6) is 0 Å². The van der Waals surface area contributed by atoms with Crippen LogP contribution in [0.4, 0.5) is 5.95 Å². The largest absolute Gasteiger partial charge is 0.317 e. The predicted molar refractivity (Wildman–Crippen MR) is 66.7 cm³/mol. The SMILES string of the molecule is CC(C)Cn1ccnc1NC(=O)C1CCNC1. The van der Waals surface area contributed by atoms with Gasteiger partial charge in [0, 0.05) is 25.5 Å². The van der Waals surface area contributed by atoms with Gasteiger partial charge in [0.25, 0.3) is 0 Å². The fourth-order valence-corrected chi connectivity index (χ4v) is 2.06. The average molecular weight is 236 g/mol. The van der Waals surface area contributed by atoms with Crippen molar-refractivity contribution in [3.63, 3.8) is 0 Å². The maximum atomic E-state index is 11.9. The summed E-state index contributed by atoms with van der Waals surface area (Å²) in [5, 5.41) is 6.10. The summed E-state index contributed by atoms with van der Waals surface area (Å²) in [5.41, 5.74) is 0. The van der Waals surface area contributed by atoms with Gasteiger partial charge in [-0.2, -0.15) is 0 Å². The van der Waals surface area contributed by atoms with Crippen LogP contribution in [0, 0.1) is 11.8 Å². The highest BCUT2D eigenvalue weighted by Gasteiger charge is 2.23. The van der Waals surface area contributed by atoms with Crippen molar-refractivity contribution in [1.82, 2.24) is 14.9 Å². The first-order chi connectivity index (χ1) is 8.16. The molecule has 1 amide bonds. The van der Waals surface area contributed by atoms with E-state index in [2.05, 4.69) is 29.5 Å². The van der Waals surface area contributed by atoms with Crippen LogP contribution < -0.4 is 10.6 Å². The number of imidazole rings is 1. The highest BCUT2D eigenvalue weighted by molar-refractivity contribution is 5.91. The normalized spacial score (nSPS) is 19.8. The molecule has 1 unspecified atom stereocenters. The smallest absolute Gasteiger partial charge is 0.231 e. The third-order valence-electron chi connectivity index (χ3n) is 2.94. The summed E-state index contributed by atoms with van der Waals surface area (Å²) in [7, 11) is 0. The number of aromatic nitrogens is 2. The molecular weight excluding hydrogens is 216 g/mol. The molecule has 1 saturated heterocycles.